The first kappa shape index (κ1) is 16.7. The first-order valence-electron chi connectivity index (χ1n) is 7.47. The number of rotatable bonds is 5. The highest BCUT2D eigenvalue weighted by molar-refractivity contribution is 6.43. The molecule has 0 saturated carbocycles. The van der Waals surface area contributed by atoms with Crippen molar-refractivity contribution in [1.29, 1.82) is 0 Å². The van der Waals surface area contributed by atoms with E-state index in [0.29, 0.717) is 34.1 Å². The third-order valence-electron chi connectivity index (χ3n) is 3.63. The number of pyridine rings is 1. The Morgan fingerprint density at radius 3 is 2.83 bits per heavy atom. The SMILES string of the molecule is CC(C)c1cnccc1CNc1nnnn1-c1cccc(Cl)c1Cl. The summed E-state index contributed by atoms with van der Waals surface area (Å²) >= 11 is 12.3. The maximum atomic E-state index is 6.26. The Morgan fingerprint density at radius 2 is 2.04 bits per heavy atom. The van der Waals surface area contributed by atoms with Crippen LogP contribution in [0.5, 0.6) is 0 Å². The van der Waals surface area contributed by atoms with E-state index in [2.05, 4.69) is 39.7 Å². The molecule has 1 N–H and O–H groups in total. The normalized spacial score (nSPS) is 11.0. The van der Waals surface area contributed by atoms with Crippen LogP contribution in [0.3, 0.4) is 0 Å². The Hall–Kier alpha value is -2.18. The summed E-state index contributed by atoms with van der Waals surface area (Å²) in [6.07, 6.45) is 3.66. The zero-order chi connectivity index (χ0) is 17.1. The van der Waals surface area contributed by atoms with Crippen LogP contribution in [0.1, 0.15) is 30.9 Å². The molecule has 0 saturated heterocycles. The number of aromatic nitrogens is 5. The van der Waals surface area contributed by atoms with Gasteiger partial charge in [0.25, 0.3) is 0 Å². The van der Waals surface area contributed by atoms with Gasteiger partial charge in [-0.25, -0.2) is 0 Å². The number of benzene rings is 1. The minimum Gasteiger partial charge on any atom is -0.349 e. The summed E-state index contributed by atoms with van der Waals surface area (Å²) in [6.45, 7) is 4.85. The molecule has 2 heterocycles. The molecule has 1 aromatic carbocycles. The Balaban J connectivity index is 1.86. The molecular formula is C16H16Cl2N6. The van der Waals surface area contributed by atoms with E-state index < -0.39 is 0 Å². The molecule has 0 aliphatic rings. The van der Waals surface area contributed by atoms with E-state index in [1.165, 1.54) is 10.2 Å². The molecule has 0 spiro atoms. The standard InChI is InChI=1S/C16H16Cl2N6/c1-10(2)12-9-19-7-6-11(12)8-20-16-21-22-23-24(16)14-5-3-4-13(17)15(14)18/h3-7,9-10H,8H2,1-2H3,(H,20,21,23). The van der Waals surface area contributed by atoms with Crippen LogP contribution in [0.4, 0.5) is 5.95 Å². The van der Waals surface area contributed by atoms with Crippen LogP contribution in [0, 0.1) is 0 Å². The minimum atomic E-state index is 0.383. The second-order valence-corrected chi connectivity index (χ2v) is 6.36. The summed E-state index contributed by atoms with van der Waals surface area (Å²) < 4.78 is 1.53. The lowest BCUT2D eigenvalue weighted by molar-refractivity contribution is 0.788. The van der Waals surface area contributed by atoms with Gasteiger partial charge in [0.15, 0.2) is 0 Å². The molecule has 0 aliphatic heterocycles. The quantitative estimate of drug-likeness (QED) is 0.739. The second-order valence-electron chi connectivity index (χ2n) is 5.57. The molecule has 0 atom stereocenters. The molecule has 124 valence electrons. The molecule has 24 heavy (non-hydrogen) atoms. The van der Waals surface area contributed by atoms with E-state index in [1.54, 1.807) is 18.3 Å². The van der Waals surface area contributed by atoms with Crippen molar-refractivity contribution in [2.24, 2.45) is 0 Å². The Kier molecular flexibility index (Phi) is 4.97. The lowest BCUT2D eigenvalue weighted by atomic mass is 10.00. The third-order valence-corrected chi connectivity index (χ3v) is 4.44. The molecule has 3 aromatic rings. The van der Waals surface area contributed by atoms with Gasteiger partial charge >= 0.3 is 0 Å². The molecule has 0 aliphatic carbocycles. The maximum absolute atomic E-state index is 6.26. The lowest BCUT2D eigenvalue weighted by Gasteiger charge is -2.13. The number of nitrogens with one attached hydrogen (secondary N) is 1. The van der Waals surface area contributed by atoms with Gasteiger partial charge in [-0.15, -0.1) is 0 Å². The summed E-state index contributed by atoms with van der Waals surface area (Å²) in [5, 5.41) is 15.8. The van der Waals surface area contributed by atoms with Crippen molar-refractivity contribution < 1.29 is 0 Å². The van der Waals surface area contributed by atoms with Crippen molar-refractivity contribution in [1.82, 2.24) is 25.2 Å². The van der Waals surface area contributed by atoms with Gasteiger partial charge in [0.05, 0.1) is 15.7 Å². The fourth-order valence-corrected chi connectivity index (χ4v) is 2.78. The molecule has 3 rings (SSSR count). The average Bonchev–Trinajstić information content (AvgIpc) is 3.04. The molecule has 6 nitrogen and oxygen atoms in total. The van der Waals surface area contributed by atoms with Crippen molar-refractivity contribution in [2.45, 2.75) is 26.3 Å². The third kappa shape index (κ3) is 3.34. The predicted octanol–water partition coefficient (Wildman–Crippen LogP) is 4.10. The van der Waals surface area contributed by atoms with E-state index in [1.807, 2.05) is 18.3 Å². The van der Waals surface area contributed by atoms with Crippen molar-refractivity contribution in [3.05, 3.63) is 57.8 Å². The number of hydrogen-bond donors (Lipinski definition) is 1. The van der Waals surface area contributed by atoms with Gasteiger partial charge in [-0.2, -0.15) is 4.68 Å². The number of nitrogens with zero attached hydrogens (tertiary/aromatic N) is 5. The number of hydrogen-bond acceptors (Lipinski definition) is 5. The van der Waals surface area contributed by atoms with Crippen LogP contribution in [0.25, 0.3) is 5.69 Å². The van der Waals surface area contributed by atoms with Crippen LogP contribution in [-0.4, -0.2) is 25.2 Å². The predicted molar refractivity (Wildman–Crippen MR) is 94.8 cm³/mol. The summed E-state index contributed by atoms with van der Waals surface area (Å²) in [6, 6.07) is 7.32. The molecule has 2 aromatic heterocycles. The second kappa shape index (κ2) is 7.15. The molecule has 0 bridgehead atoms. The Labute approximate surface area is 149 Å². The van der Waals surface area contributed by atoms with Crippen molar-refractivity contribution >= 4 is 29.2 Å². The minimum absolute atomic E-state index is 0.383. The van der Waals surface area contributed by atoms with Gasteiger partial charge in [-0.05, 0) is 45.7 Å². The number of tetrazole rings is 1. The average molecular weight is 363 g/mol. The zero-order valence-corrected chi connectivity index (χ0v) is 14.8. The molecule has 0 unspecified atom stereocenters. The van der Waals surface area contributed by atoms with Gasteiger partial charge < -0.3 is 5.32 Å². The number of halogens is 2. The molecular weight excluding hydrogens is 347 g/mol. The maximum Gasteiger partial charge on any atom is 0.248 e. The van der Waals surface area contributed by atoms with Gasteiger partial charge in [0, 0.05) is 18.9 Å². The van der Waals surface area contributed by atoms with Crippen molar-refractivity contribution in [2.75, 3.05) is 5.32 Å². The summed E-state index contributed by atoms with van der Waals surface area (Å²) in [4.78, 5) is 4.19. The van der Waals surface area contributed by atoms with Crippen LogP contribution in [0.15, 0.2) is 36.7 Å². The van der Waals surface area contributed by atoms with Crippen LogP contribution >= 0.6 is 23.2 Å². The van der Waals surface area contributed by atoms with Crippen LogP contribution in [0.2, 0.25) is 10.0 Å². The topological polar surface area (TPSA) is 68.5 Å². The van der Waals surface area contributed by atoms with Gasteiger partial charge in [0.1, 0.15) is 0 Å². The first-order chi connectivity index (χ1) is 11.6. The Bertz CT molecular complexity index is 846. The summed E-state index contributed by atoms with van der Waals surface area (Å²) in [5.41, 5.74) is 2.95. The summed E-state index contributed by atoms with van der Waals surface area (Å²) in [5.74, 6) is 0.875. The van der Waals surface area contributed by atoms with Gasteiger partial charge in [0.2, 0.25) is 5.95 Å². The lowest BCUT2D eigenvalue weighted by Crippen LogP contribution is -2.10. The van der Waals surface area contributed by atoms with Crippen LogP contribution < -0.4 is 5.32 Å². The molecule has 0 amide bonds. The fourth-order valence-electron chi connectivity index (χ4n) is 2.41. The zero-order valence-electron chi connectivity index (χ0n) is 13.2. The summed E-state index contributed by atoms with van der Waals surface area (Å²) in [7, 11) is 0. The largest absolute Gasteiger partial charge is 0.349 e. The molecule has 0 fully saturated rings. The van der Waals surface area contributed by atoms with Crippen molar-refractivity contribution in [3.63, 3.8) is 0 Å². The first-order valence-corrected chi connectivity index (χ1v) is 8.23. The Morgan fingerprint density at radius 1 is 1.21 bits per heavy atom. The highest BCUT2D eigenvalue weighted by Gasteiger charge is 2.14. The van der Waals surface area contributed by atoms with E-state index >= 15 is 0 Å². The number of anilines is 1. The highest BCUT2D eigenvalue weighted by Crippen LogP contribution is 2.29. The molecule has 8 heteroatoms. The van der Waals surface area contributed by atoms with E-state index in [0.717, 1.165) is 5.56 Å². The fraction of sp³-hybridized carbons (Fsp3) is 0.250. The highest BCUT2D eigenvalue weighted by atomic mass is 35.5. The monoisotopic (exact) mass is 362 g/mol. The van der Waals surface area contributed by atoms with Crippen LogP contribution in [-0.2, 0) is 6.54 Å². The van der Waals surface area contributed by atoms with Crippen molar-refractivity contribution in [3.8, 4) is 5.69 Å². The van der Waals surface area contributed by atoms with E-state index in [9.17, 15) is 0 Å². The smallest absolute Gasteiger partial charge is 0.248 e. The van der Waals surface area contributed by atoms with Gasteiger partial charge in [-0.1, -0.05) is 48.2 Å². The van der Waals surface area contributed by atoms with E-state index in [-0.39, 0.29) is 0 Å². The van der Waals surface area contributed by atoms with E-state index in [4.69, 9.17) is 23.2 Å². The van der Waals surface area contributed by atoms with Gasteiger partial charge in [-0.3, -0.25) is 4.98 Å². The molecule has 0 radical (unpaired) electrons.